The molecule has 2 amide bonds. The van der Waals surface area contributed by atoms with Crippen molar-refractivity contribution in [1.29, 1.82) is 0 Å². The van der Waals surface area contributed by atoms with Crippen LogP contribution in [0.25, 0.3) is 22.2 Å². The third-order valence-corrected chi connectivity index (χ3v) is 5.29. The van der Waals surface area contributed by atoms with Crippen LogP contribution in [-0.4, -0.2) is 35.0 Å². The zero-order valence-corrected chi connectivity index (χ0v) is 18.2. The number of hydrogen-bond donors (Lipinski definition) is 1. The van der Waals surface area contributed by atoms with Gasteiger partial charge in [0.15, 0.2) is 5.76 Å². The number of carbonyl (C=O) groups excluding carboxylic acids is 2. The molecule has 0 saturated heterocycles. The fraction of sp³-hybridized carbons (Fsp3) is 0.192. The van der Waals surface area contributed by atoms with Crippen molar-refractivity contribution >= 4 is 28.4 Å². The van der Waals surface area contributed by atoms with E-state index in [0.29, 0.717) is 23.4 Å². The van der Waals surface area contributed by atoms with Crippen molar-refractivity contribution in [3.8, 4) is 11.3 Å². The Morgan fingerprint density at radius 2 is 1.75 bits per heavy atom. The topological polar surface area (TPSA) is 75.4 Å². The molecule has 1 heterocycles. The minimum Gasteiger partial charge on any atom is -0.355 e. The number of rotatable bonds is 7. The smallest absolute Gasteiger partial charge is 0.254 e. The SMILES string of the molecule is CCCN(CC(=O)Nc1ccccc1C)C(=O)c1ccc2noc(-c3ccccc3)c2c1. The van der Waals surface area contributed by atoms with Gasteiger partial charge in [0.25, 0.3) is 5.91 Å². The number of nitrogens with zero attached hydrogens (tertiary/aromatic N) is 2. The Labute approximate surface area is 186 Å². The van der Waals surface area contributed by atoms with Crippen LogP contribution >= 0.6 is 0 Å². The summed E-state index contributed by atoms with van der Waals surface area (Å²) < 4.78 is 5.55. The van der Waals surface area contributed by atoms with Gasteiger partial charge in [-0.05, 0) is 43.2 Å². The number of hydrogen-bond acceptors (Lipinski definition) is 4. The molecule has 1 N–H and O–H groups in total. The van der Waals surface area contributed by atoms with Crippen LogP contribution in [0.1, 0.15) is 29.3 Å². The summed E-state index contributed by atoms with van der Waals surface area (Å²) in [6, 6.07) is 22.5. The van der Waals surface area contributed by atoms with Crippen molar-refractivity contribution in [3.05, 3.63) is 83.9 Å². The standard InChI is InChI=1S/C26H25N3O3/c1-3-15-29(17-24(30)27-22-12-8-7-9-18(22)2)26(31)20-13-14-23-21(16-20)25(32-28-23)19-10-5-4-6-11-19/h4-14,16H,3,15,17H2,1-2H3,(H,27,30). The normalized spacial score (nSPS) is 10.8. The number of aromatic nitrogens is 1. The van der Waals surface area contributed by atoms with Gasteiger partial charge in [-0.2, -0.15) is 0 Å². The Morgan fingerprint density at radius 1 is 1.00 bits per heavy atom. The molecule has 4 rings (SSSR count). The van der Waals surface area contributed by atoms with Gasteiger partial charge in [-0.25, -0.2) is 0 Å². The molecule has 0 unspecified atom stereocenters. The van der Waals surface area contributed by atoms with E-state index >= 15 is 0 Å². The number of aryl methyl sites for hydroxylation is 1. The van der Waals surface area contributed by atoms with Crippen molar-refractivity contribution in [2.45, 2.75) is 20.3 Å². The molecule has 6 heteroatoms. The van der Waals surface area contributed by atoms with Crippen molar-refractivity contribution in [3.63, 3.8) is 0 Å². The summed E-state index contributed by atoms with van der Waals surface area (Å²) in [5.41, 5.74) is 3.79. The lowest BCUT2D eigenvalue weighted by molar-refractivity contribution is -0.116. The van der Waals surface area contributed by atoms with Gasteiger partial charge in [0.1, 0.15) is 12.1 Å². The maximum absolute atomic E-state index is 13.3. The lowest BCUT2D eigenvalue weighted by atomic mass is 10.1. The van der Waals surface area contributed by atoms with Crippen LogP contribution in [-0.2, 0) is 4.79 Å². The number of nitrogens with one attached hydrogen (secondary N) is 1. The average Bonchev–Trinajstić information content (AvgIpc) is 3.24. The predicted molar refractivity (Wildman–Crippen MR) is 125 cm³/mol. The molecule has 0 aliphatic carbocycles. The second kappa shape index (κ2) is 9.47. The maximum atomic E-state index is 13.3. The van der Waals surface area contributed by atoms with Crippen LogP contribution in [0.3, 0.4) is 0 Å². The Bertz CT molecular complexity index is 1250. The van der Waals surface area contributed by atoms with E-state index in [-0.39, 0.29) is 18.4 Å². The number of fused-ring (bicyclic) bond motifs is 1. The van der Waals surface area contributed by atoms with Crippen LogP contribution in [0.5, 0.6) is 0 Å². The van der Waals surface area contributed by atoms with Crippen molar-refractivity contribution < 1.29 is 14.1 Å². The minimum absolute atomic E-state index is 0.0196. The molecule has 1 aromatic heterocycles. The van der Waals surface area contributed by atoms with Crippen LogP contribution in [0.2, 0.25) is 0 Å². The summed E-state index contributed by atoms with van der Waals surface area (Å²) in [6.45, 7) is 4.38. The first-order valence-electron chi connectivity index (χ1n) is 10.7. The predicted octanol–water partition coefficient (Wildman–Crippen LogP) is 5.29. The van der Waals surface area contributed by atoms with Gasteiger partial charge in [-0.15, -0.1) is 0 Å². The summed E-state index contributed by atoms with van der Waals surface area (Å²) in [7, 11) is 0. The summed E-state index contributed by atoms with van der Waals surface area (Å²) in [5.74, 6) is 0.195. The van der Waals surface area contributed by atoms with Gasteiger partial charge in [-0.3, -0.25) is 9.59 Å². The first-order chi connectivity index (χ1) is 15.6. The summed E-state index contributed by atoms with van der Waals surface area (Å²) in [4.78, 5) is 27.5. The number of amides is 2. The second-order valence-electron chi connectivity index (χ2n) is 7.70. The number of para-hydroxylation sites is 1. The zero-order chi connectivity index (χ0) is 22.5. The molecule has 0 fully saturated rings. The van der Waals surface area contributed by atoms with E-state index in [1.54, 1.807) is 23.1 Å². The highest BCUT2D eigenvalue weighted by Gasteiger charge is 2.20. The van der Waals surface area contributed by atoms with Crippen LogP contribution in [0, 0.1) is 6.92 Å². The van der Waals surface area contributed by atoms with E-state index in [9.17, 15) is 9.59 Å². The third kappa shape index (κ3) is 4.54. The fourth-order valence-corrected chi connectivity index (χ4v) is 3.65. The van der Waals surface area contributed by atoms with Gasteiger partial charge < -0.3 is 14.7 Å². The van der Waals surface area contributed by atoms with E-state index in [2.05, 4.69) is 10.5 Å². The Balaban J connectivity index is 1.57. The van der Waals surface area contributed by atoms with Gasteiger partial charge in [0, 0.05) is 23.4 Å². The number of carbonyl (C=O) groups is 2. The highest BCUT2D eigenvalue weighted by atomic mass is 16.5. The van der Waals surface area contributed by atoms with E-state index in [0.717, 1.165) is 28.6 Å². The van der Waals surface area contributed by atoms with E-state index in [1.165, 1.54) is 0 Å². The Morgan fingerprint density at radius 3 is 2.50 bits per heavy atom. The quantitative estimate of drug-likeness (QED) is 0.435. The maximum Gasteiger partial charge on any atom is 0.254 e. The molecule has 6 nitrogen and oxygen atoms in total. The molecule has 0 aliphatic heterocycles. The molecule has 32 heavy (non-hydrogen) atoms. The first kappa shape index (κ1) is 21.3. The van der Waals surface area contributed by atoms with Gasteiger partial charge in [0.2, 0.25) is 5.91 Å². The molecular formula is C26H25N3O3. The molecule has 0 radical (unpaired) electrons. The highest BCUT2D eigenvalue weighted by molar-refractivity contribution is 6.03. The third-order valence-electron chi connectivity index (χ3n) is 5.29. The molecule has 3 aromatic carbocycles. The molecule has 162 valence electrons. The first-order valence-corrected chi connectivity index (χ1v) is 10.7. The van der Waals surface area contributed by atoms with Crippen molar-refractivity contribution in [1.82, 2.24) is 10.1 Å². The number of anilines is 1. The summed E-state index contributed by atoms with van der Waals surface area (Å²) in [5, 5.41) is 7.79. The molecule has 0 spiro atoms. The summed E-state index contributed by atoms with van der Waals surface area (Å²) in [6.07, 6.45) is 0.744. The van der Waals surface area contributed by atoms with Crippen molar-refractivity contribution in [2.75, 3.05) is 18.4 Å². The Hall–Kier alpha value is -3.93. The molecule has 0 bridgehead atoms. The summed E-state index contributed by atoms with van der Waals surface area (Å²) >= 11 is 0. The lowest BCUT2D eigenvalue weighted by Gasteiger charge is -2.22. The minimum atomic E-state index is -0.225. The molecular weight excluding hydrogens is 402 g/mol. The van der Waals surface area contributed by atoms with Gasteiger partial charge in [0.05, 0.1) is 5.39 Å². The fourth-order valence-electron chi connectivity index (χ4n) is 3.65. The molecule has 0 atom stereocenters. The molecule has 0 saturated carbocycles. The largest absolute Gasteiger partial charge is 0.355 e. The van der Waals surface area contributed by atoms with Gasteiger partial charge in [-0.1, -0.05) is 60.6 Å². The van der Waals surface area contributed by atoms with Crippen molar-refractivity contribution in [2.24, 2.45) is 0 Å². The Kier molecular flexibility index (Phi) is 6.31. The van der Waals surface area contributed by atoms with E-state index in [4.69, 9.17) is 4.52 Å². The number of benzene rings is 3. The molecule has 4 aromatic rings. The van der Waals surface area contributed by atoms with Crippen LogP contribution in [0.15, 0.2) is 77.3 Å². The van der Waals surface area contributed by atoms with E-state index < -0.39 is 0 Å². The molecule has 0 aliphatic rings. The second-order valence-corrected chi connectivity index (χ2v) is 7.70. The van der Waals surface area contributed by atoms with Crippen LogP contribution in [0.4, 0.5) is 5.69 Å². The van der Waals surface area contributed by atoms with Gasteiger partial charge >= 0.3 is 0 Å². The zero-order valence-electron chi connectivity index (χ0n) is 18.2. The monoisotopic (exact) mass is 427 g/mol. The lowest BCUT2D eigenvalue weighted by Crippen LogP contribution is -2.38. The highest BCUT2D eigenvalue weighted by Crippen LogP contribution is 2.29. The van der Waals surface area contributed by atoms with E-state index in [1.807, 2.05) is 68.4 Å². The average molecular weight is 428 g/mol. The van der Waals surface area contributed by atoms with Crippen LogP contribution < -0.4 is 5.32 Å².